The Hall–Kier alpha value is -1.99. The van der Waals surface area contributed by atoms with Gasteiger partial charge in [0.2, 0.25) is 0 Å². The van der Waals surface area contributed by atoms with Crippen molar-refractivity contribution in [3.8, 4) is 17.2 Å². The highest BCUT2D eigenvalue weighted by atomic mass is 79.9. The second kappa shape index (κ2) is 5.79. The van der Waals surface area contributed by atoms with Crippen LogP contribution in [-0.2, 0) is 0 Å². The molecule has 5 nitrogen and oxygen atoms in total. The lowest BCUT2D eigenvalue weighted by Crippen LogP contribution is -2.08. The van der Waals surface area contributed by atoms with E-state index in [1.807, 2.05) is 18.4 Å². The van der Waals surface area contributed by atoms with Gasteiger partial charge in [-0.05, 0) is 35.0 Å². The highest BCUT2D eigenvalue weighted by molar-refractivity contribution is 9.10. The Kier molecular flexibility index (Phi) is 3.85. The van der Waals surface area contributed by atoms with Crippen LogP contribution in [0.15, 0.2) is 44.7 Å². The van der Waals surface area contributed by atoms with Crippen molar-refractivity contribution in [2.45, 2.75) is 6.92 Å². The molecule has 1 aromatic carbocycles. The first-order valence-corrected chi connectivity index (χ1v) is 7.66. The van der Waals surface area contributed by atoms with E-state index >= 15 is 0 Å². The average Bonchev–Trinajstić information content (AvgIpc) is 3.10. The number of thiazole rings is 1. The largest absolute Gasteiger partial charge is 0.421 e. The predicted molar refractivity (Wildman–Crippen MR) is 81.4 cm³/mol. The van der Waals surface area contributed by atoms with Gasteiger partial charge in [-0.1, -0.05) is 17.3 Å². The standard InChI is InChI=1S/C14H9BrN2O3S/c1-8-16-11(7-21-8)13-6-10(17-20-13)14(18)19-12-5-3-2-4-9(12)15/h2-7H,1H3. The maximum atomic E-state index is 12.0. The van der Waals surface area contributed by atoms with Crippen molar-refractivity contribution < 1.29 is 14.1 Å². The molecular weight excluding hydrogens is 356 g/mol. The number of esters is 1. The van der Waals surface area contributed by atoms with Gasteiger partial charge in [0.25, 0.3) is 0 Å². The second-order valence-corrected chi connectivity index (χ2v) is 6.06. The molecule has 2 heterocycles. The Labute approximate surface area is 132 Å². The van der Waals surface area contributed by atoms with E-state index in [1.54, 1.807) is 18.2 Å². The van der Waals surface area contributed by atoms with E-state index in [9.17, 15) is 4.79 Å². The number of para-hydroxylation sites is 1. The number of rotatable bonds is 3. The van der Waals surface area contributed by atoms with E-state index in [2.05, 4.69) is 26.1 Å². The van der Waals surface area contributed by atoms with Crippen LogP contribution in [-0.4, -0.2) is 16.1 Å². The molecule has 0 bridgehead atoms. The molecule has 0 aliphatic heterocycles. The summed E-state index contributed by atoms with van der Waals surface area (Å²) in [5.74, 6) is 0.291. The molecule has 3 aromatic rings. The molecular formula is C14H9BrN2O3S. The Morgan fingerprint density at radius 3 is 2.90 bits per heavy atom. The maximum Gasteiger partial charge on any atom is 0.365 e. The normalized spacial score (nSPS) is 10.6. The van der Waals surface area contributed by atoms with Crippen LogP contribution in [0.2, 0.25) is 0 Å². The summed E-state index contributed by atoms with van der Waals surface area (Å²) in [5, 5.41) is 6.49. The van der Waals surface area contributed by atoms with Crippen LogP contribution >= 0.6 is 27.3 Å². The van der Waals surface area contributed by atoms with E-state index < -0.39 is 5.97 Å². The first kappa shape index (κ1) is 14.0. The maximum absolute atomic E-state index is 12.0. The topological polar surface area (TPSA) is 65.2 Å². The van der Waals surface area contributed by atoms with Crippen molar-refractivity contribution >= 4 is 33.2 Å². The summed E-state index contributed by atoms with van der Waals surface area (Å²) in [4.78, 5) is 16.3. The Morgan fingerprint density at radius 2 is 2.19 bits per heavy atom. The van der Waals surface area contributed by atoms with Crippen molar-refractivity contribution in [3.05, 3.63) is 50.9 Å². The van der Waals surface area contributed by atoms with Gasteiger partial charge in [0.15, 0.2) is 11.5 Å². The zero-order chi connectivity index (χ0) is 14.8. The first-order valence-electron chi connectivity index (χ1n) is 5.99. The minimum atomic E-state index is -0.580. The van der Waals surface area contributed by atoms with Gasteiger partial charge in [0.1, 0.15) is 11.4 Å². The smallest absolute Gasteiger partial charge is 0.365 e. The van der Waals surface area contributed by atoms with Gasteiger partial charge in [-0.25, -0.2) is 9.78 Å². The number of aryl methyl sites for hydroxylation is 1. The van der Waals surface area contributed by atoms with E-state index in [4.69, 9.17) is 9.26 Å². The highest BCUT2D eigenvalue weighted by Crippen LogP contribution is 2.26. The van der Waals surface area contributed by atoms with Gasteiger partial charge in [-0.2, -0.15) is 0 Å². The molecule has 7 heteroatoms. The van der Waals surface area contributed by atoms with Gasteiger partial charge in [-0.3, -0.25) is 0 Å². The zero-order valence-electron chi connectivity index (χ0n) is 10.9. The minimum absolute atomic E-state index is 0.103. The van der Waals surface area contributed by atoms with Gasteiger partial charge in [0.05, 0.1) is 9.48 Å². The summed E-state index contributed by atoms with van der Waals surface area (Å²) in [6, 6.07) is 8.61. The lowest BCUT2D eigenvalue weighted by Gasteiger charge is -2.03. The molecule has 3 rings (SSSR count). The molecule has 0 radical (unpaired) electrons. The monoisotopic (exact) mass is 364 g/mol. The molecule has 0 fully saturated rings. The molecule has 106 valence electrons. The molecule has 0 unspecified atom stereocenters. The number of benzene rings is 1. The van der Waals surface area contributed by atoms with Crippen molar-refractivity contribution in [2.75, 3.05) is 0 Å². The van der Waals surface area contributed by atoms with Gasteiger partial charge < -0.3 is 9.26 Å². The SMILES string of the molecule is Cc1nc(-c2cc(C(=O)Oc3ccccc3Br)no2)cs1. The lowest BCUT2D eigenvalue weighted by atomic mass is 10.3. The average molecular weight is 365 g/mol. The molecule has 0 aliphatic rings. The molecule has 2 aromatic heterocycles. The molecule has 0 saturated carbocycles. The third kappa shape index (κ3) is 3.03. The number of hydrogen-bond donors (Lipinski definition) is 0. The molecule has 0 atom stereocenters. The number of hydrogen-bond acceptors (Lipinski definition) is 6. The number of aromatic nitrogens is 2. The van der Waals surface area contributed by atoms with Crippen molar-refractivity contribution in [3.63, 3.8) is 0 Å². The fourth-order valence-corrected chi connectivity index (χ4v) is 2.62. The van der Waals surface area contributed by atoms with E-state index in [0.29, 0.717) is 21.7 Å². The number of halogens is 1. The van der Waals surface area contributed by atoms with Crippen LogP contribution in [0.5, 0.6) is 5.75 Å². The molecule has 0 saturated heterocycles. The fourth-order valence-electron chi connectivity index (χ4n) is 1.65. The zero-order valence-corrected chi connectivity index (χ0v) is 13.3. The third-order valence-corrected chi connectivity index (χ3v) is 4.06. The van der Waals surface area contributed by atoms with Crippen LogP contribution in [0.4, 0.5) is 0 Å². The third-order valence-electron chi connectivity index (χ3n) is 2.63. The van der Waals surface area contributed by atoms with E-state index in [1.165, 1.54) is 17.4 Å². The van der Waals surface area contributed by atoms with Gasteiger partial charge in [0, 0.05) is 11.4 Å². The number of ether oxygens (including phenoxy) is 1. The first-order chi connectivity index (χ1) is 10.1. The summed E-state index contributed by atoms with van der Waals surface area (Å²) in [6.07, 6.45) is 0. The molecule has 0 amide bonds. The van der Waals surface area contributed by atoms with Crippen LogP contribution < -0.4 is 4.74 Å². The number of carbonyl (C=O) groups is 1. The molecule has 0 N–H and O–H groups in total. The van der Waals surface area contributed by atoms with E-state index in [-0.39, 0.29) is 5.69 Å². The lowest BCUT2D eigenvalue weighted by molar-refractivity contribution is 0.0723. The number of nitrogens with zero attached hydrogens (tertiary/aromatic N) is 2. The Morgan fingerprint density at radius 1 is 1.38 bits per heavy atom. The summed E-state index contributed by atoms with van der Waals surface area (Å²) < 4.78 is 11.1. The summed E-state index contributed by atoms with van der Waals surface area (Å²) in [6.45, 7) is 1.90. The van der Waals surface area contributed by atoms with Crippen molar-refractivity contribution in [2.24, 2.45) is 0 Å². The van der Waals surface area contributed by atoms with Gasteiger partial charge in [-0.15, -0.1) is 11.3 Å². The summed E-state index contributed by atoms with van der Waals surface area (Å²) in [7, 11) is 0. The Balaban J connectivity index is 1.80. The van der Waals surface area contributed by atoms with Gasteiger partial charge >= 0.3 is 5.97 Å². The fraction of sp³-hybridized carbons (Fsp3) is 0.0714. The summed E-state index contributed by atoms with van der Waals surface area (Å²) >= 11 is 4.81. The Bertz CT molecular complexity index is 797. The molecule has 21 heavy (non-hydrogen) atoms. The van der Waals surface area contributed by atoms with Crippen LogP contribution in [0, 0.1) is 6.92 Å². The second-order valence-electron chi connectivity index (χ2n) is 4.15. The van der Waals surface area contributed by atoms with Crippen LogP contribution in [0.3, 0.4) is 0 Å². The molecule has 0 aliphatic carbocycles. The molecule has 0 spiro atoms. The van der Waals surface area contributed by atoms with Crippen molar-refractivity contribution in [1.29, 1.82) is 0 Å². The summed E-state index contributed by atoms with van der Waals surface area (Å²) in [5.41, 5.74) is 0.761. The van der Waals surface area contributed by atoms with Crippen LogP contribution in [0.1, 0.15) is 15.5 Å². The predicted octanol–water partition coefficient (Wildman–Crippen LogP) is 4.09. The minimum Gasteiger partial charge on any atom is -0.421 e. The van der Waals surface area contributed by atoms with E-state index in [0.717, 1.165) is 5.01 Å². The number of carbonyl (C=O) groups excluding carboxylic acids is 1. The van der Waals surface area contributed by atoms with Crippen molar-refractivity contribution in [1.82, 2.24) is 10.1 Å². The highest BCUT2D eigenvalue weighted by Gasteiger charge is 2.18. The quantitative estimate of drug-likeness (QED) is 0.517. The van der Waals surface area contributed by atoms with Crippen LogP contribution in [0.25, 0.3) is 11.5 Å².